The fourth-order valence-electron chi connectivity index (χ4n) is 5.57. The highest BCUT2D eigenvalue weighted by Gasteiger charge is 2.38. The Labute approximate surface area is 237 Å². The number of aliphatic hydroxyl groups excluding tert-OH is 1. The van der Waals surface area contributed by atoms with Crippen molar-refractivity contribution in [2.45, 2.75) is 38.7 Å². The van der Waals surface area contributed by atoms with Crippen LogP contribution >= 0.6 is 0 Å². The number of non-ortho nitro benzene ring substituents is 1. The zero-order valence-electron chi connectivity index (χ0n) is 23.3. The minimum Gasteiger partial charge on any atom is -0.466 e. The summed E-state index contributed by atoms with van der Waals surface area (Å²) in [5.41, 5.74) is 2.23. The molecular weight excluding hydrogens is 533 g/mol. The molecule has 1 fully saturated rings. The number of allylic oxidation sites excluding steroid dienone is 2. The zero-order chi connectivity index (χ0) is 29.7. The normalized spacial score (nSPS) is 19.0. The number of halogens is 1. The minimum absolute atomic E-state index is 0.0443. The van der Waals surface area contributed by atoms with Crippen molar-refractivity contribution in [2.75, 3.05) is 33.4 Å². The summed E-state index contributed by atoms with van der Waals surface area (Å²) in [4.78, 5) is 39.3. The van der Waals surface area contributed by atoms with Crippen molar-refractivity contribution in [1.82, 2.24) is 10.2 Å². The van der Waals surface area contributed by atoms with Crippen LogP contribution in [0.4, 0.5) is 10.1 Å². The number of nitro benzene ring substituents is 1. The molecule has 2 aliphatic heterocycles. The number of nitrogens with zero attached hydrogens (tertiary/aromatic N) is 2. The first-order chi connectivity index (χ1) is 19.6. The number of carbonyl (C=O) groups is 2. The molecule has 2 aromatic rings. The summed E-state index contributed by atoms with van der Waals surface area (Å²) < 4.78 is 23.9. The molecule has 0 amide bonds. The zero-order valence-corrected chi connectivity index (χ0v) is 23.3. The third-order valence-corrected chi connectivity index (χ3v) is 7.73. The smallest absolute Gasteiger partial charge is 0.336 e. The van der Waals surface area contributed by atoms with Crippen molar-refractivity contribution in [3.8, 4) is 0 Å². The molecule has 2 atom stereocenters. The van der Waals surface area contributed by atoms with Gasteiger partial charge in [0.15, 0.2) is 0 Å². The highest BCUT2D eigenvalue weighted by atomic mass is 19.1. The number of esters is 2. The minimum atomic E-state index is -0.917. The Morgan fingerprint density at radius 1 is 1.10 bits per heavy atom. The Kier molecular flexibility index (Phi) is 9.51. The number of hydrogen-bond acceptors (Lipinski definition) is 9. The molecule has 0 spiro atoms. The van der Waals surface area contributed by atoms with Crippen molar-refractivity contribution < 1.29 is 33.5 Å². The lowest BCUT2D eigenvalue weighted by Crippen LogP contribution is -2.38. The average Bonchev–Trinajstić information content (AvgIpc) is 2.96. The van der Waals surface area contributed by atoms with E-state index in [1.54, 1.807) is 32.0 Å². The number of aliphatic hydroxyl groups is 1. The van der Waals surface area contributed by atoms with Crippen LogP contribution in [0.1, 0.15) is 49.8 Å². The molecule has 4 rings (SSSR count). The van der Waals surface area contributed by atoms with Crippen LogP contribution in [0.5, 0.6) is 0 Å². The molecule has 0 aliphatic carbocycles. The number of dihydropyridines is 1. The molecule has 0 radical (unpaired) electrons. The van der Waals surface area contributed by atoms with Gasteiger partial charge in [-0.15, -0.1) is 0 Å². The van der Waals surface area contributed by atoms with Gasteiger partial charge < -0.3 is 19.9 Å². The van der Waals surface area contributed by atoms with E-state index >= 15 is 0 Å². The Balaban J connectivity index is 1.42. The summed E-state index contributed by atoms with van der Waals surface area (Å²) in [7, 11) is 1.23. The Morgan fingerprint density at radius 2 is 1.73 bits per heavy atom. The molecule has 10 nitrogen and oxygen atoms in total. The molecule has 1 saturated heterocycles. The van der Waals surface area contributed by atoms with Crippen LogP contribution in [0.15, 0.2) is 71.1 Å². The van der Waals surface area contributed by atoms with Gasteiger partial charge in [-0.25, -0.2) is 14.0 Å². The maximum absolute atomic E-state index is 13.4. The molecule has 0 aromatic heterocycles. The summed E-state index contributed by atoms with van der Waals surface area (Å²) in [6.07, 6.45) is 0.806. The van der Waals surface area contributed by atoms with E-state index in [0.717, 1.165) is 12.8 Å². The van der Waals surface area contributed by atoms with Crippen molar-refractivity contribution in [1.29, 1.82) is 0 Å². The van der Waals surface area contributed by atoms with Crippen molar-refractivity contribution in [3.63, 3.8) is 0 Å². The van der Waals surface area contributed by atoms with E-state index in [2.05, 4.69) is 10.2 Å². The van der Waals surface area contributed by atoms with E-state index < -0.39 is 28.9 Å². The summed E-state index contributed by atoms with van der Waals surface area (Å²) in [5.74, 6) is -2.51. The molecular formula is C30H34FN3O7. The van der Waals surface area contributed by atoms with Gasteiger partial charge in [0.1, 0.15) is 12.4 Å². The fourth-order valence-corrected chi connectivity index (χ4v) is 5.57. The van der Waals surface area contributed by atoms with Crippen LogP contribution in [-0.4, -0.2) is 60.2 Å². The van der Waals surface area contributed by atoms with Crippen molar-refractivity contribution >= 4 is 17.6 Å². The average molecular weight is 568 g/mol. The SMILES string of the molecule is COC(=O)C1=C(C)NC(C)=C(C(=O)OCCN2CCC(C(O)c3ccc(F)cc3)CC2)C1c1cccc([N+](=O)[O-])c1. The van der Waals surface area contributed by atoms with Crippen LogP contribution in [0, 0.1) is 21.8 Å². The topological polar surface area (TPSA) is 131 Å². The molecule has 2 aromatic carbocycles. The van der Waals surface area contributed by atoms with Gasteiger partial charge in [-0.05, 0) is 69.0 Å². The highest BCUT2D eigenvalue weighted by molar-refractivity contribution is 5.99. The number of likely N-dealkylation sites (tertiary alicyclic amines) is 1. The number of ether oxygens (including phenoxy) is 2. The van der Waals surface area contributed by atoms with E-state index in [9.17, 15) is 29.2 Å². The lowest BCUT2D eigenvalue weighted by atomic mass is 9.80. The highest BCUT2D eigenvalue weighted by Crippen LogP contribution is 2.40. The molecule has 2 aliphatic rings. The Bertz CT molecular complexity index is 1360. The van der Waals surface area contributed by atoms with Gasteiger partial charge in [0.25, 0.3) is 5.69 Å². The van der Waals surface area contributed by atoms with Crippen molar-refractivity contribution in [2.24, 2.45) is 5.92 Å². The predicted molar refractivity (Wildman–Crippen MR) is 148 cm³/mol. The van der Waals surface area contributed by atoms with Gasteiger partial charge in [0.05, 0.1) is 35.2 Å². The molecule has 2 N–H and O–H groups in total. The molecule has 41 heavy (non-hydrogen) atoms. The largest absolute Gasteiger partial charge is 0.466 e. The second kappa shape index (κ2) is 13.0. The third-order valence-electron chi connectivity index (χ3n) is 7.73. The monoisotopic (exact) mass is 567 g/mol. The van der Waals surface area contributed by atoms with Gasteiger partial charge in [0, 0.05) is 30.1 Å². The molecule has 2 unspecified atom stereocenters. The fraction of sp³-hybridized carbons (Fsp3) is 0.400. The Morgan fingerprint density at radius 3 is 2.34 bits per heavy atom. The summed E-state index contributed by atoms with van der Waals surface area (Å²) in [5, 5.41) is 25.2. The van der Waals surface area contributed by atoms with Gasteiger partial charge in [-0.1, -0.05) is 24.3 Å². The first-order valence-electron chi connectivity index (χ1n) is 13.4. The number of rotatable bonds is 9. The van der Waals surface area contributed by atoms with Gasteiger partial charge in [0.2, 0.25) is 0 Å². The lowest BCUT2D eigenvalue weighted by Gasteiger charge is -2.34. The van der Waals surface area contributed by atoms with E-state index in [-0.39, 0.29) is 35.2 Å². The van der Waals surface area contributed by atoms with Crippen LogP contribution in [0.25, 0.3) is 0 Å². The molecule has 0 saturated carbocycles. The number of nitrogens with one attached hydrogen (secondary N) is 1. The van der Waals surface area contributed by atoms with Crippen molar-refractivity contribution in [3.05, 3.63) is 98.1 Å². The molecule has 218 valence electrons. The quantitative estimate of drug-likeness (QED) is 0.261. The molecule has 0 bridgehead atoms. The van der Waals surface area contributed by atoms with Crippen LogP contribution in [0.2, 0.25) is 0 Å². The van der Waals surface area contributed by atoms with Gasteiger partial charge in [-0.3, -0.25) is 15.0 Å². The van der Waals surface area contributed by atoms with E-state index in [4.69, 9.17) is 9.47 Å². The number of carbonyl (C=O) groups excluding carboxylic acids is 2. The van der Waals surface area contributed by atoms with Crippen LogP contribution in [-0.2, 0) is 19.1 Å². The number of benzene rings is 2. The molecule has 2 heterocycles. The van der Waals surface area contributed by atoms with Crippen LogP contribution in [0.3, 0.4) is 0 Å². The van der Waals surface area contributed by atoms with E-state index in [1.807, 2.05) is 0 Å². The van der Waals surface area contributed by atoms with Gasteiger partial charge >= 0.3 is 11.9 Å². The number of piperidine rings is 1. The lowest BCUT2D eigenvalue weighted by molar-refractivity contribution is -0.384. The summed E-state index contributed by atoms with van der Waals surface area (Å²) in [6.45, 7) is 5.35. The summed E-state index contributed by atoms with van der Waals surface area (Å²) in [6, 6.07) is 11.7. The maximum Gasteiger partial charge on any atom is 0.336 e. The number of methoxy groups -OCH3 is 1. The number of hydrogen-bond donors (Lipinski definition) is 2. The molecule has 11 heteroatoms. The first kappa shape index (κ1) is 29.9. The summed E-state index contributed by atoms with van der Waals surface area (Å²) >= 11 is 0. The second-order valence-corrected chi connectivity index (χ2v) is 10.3. The van der Waals surface area contributed by atoms with Crippen LogP contribution < -0.4 is 5.32 Å². The van der Waals surface area contributed by atoms with E-state index in [0.29, 0.717) is 42.2 Å². The predicted octanol–water partition coefficient (Wildman–Crippen LogP) is 4.13. The third kappa shape index (κ3) is 6.80. The standard InChI is InChI=1S/C30H34FN3O7/c1-18-25(29(36)40-3)27(22-5-4-6-24(17-22)34(38)39)26(19(2)32-18)30(37)41-16-15-33-13-11-21(12-14-33)28(35)20-7-9-23(31)10-8-20/h4-10,17,21,27-28,32,35H,11-16H2,1-3H3. The van der Waals surface area contributed by atoms with E-state index in [1.165, 1.54) is 37.4 Å². The Hall–Kier alpha value is -4.09. The second-order valence-electron chi connectivity index (χ2n) is 10.3. The van der Waals surface area contributed by atoms with Gasteiger partial charge in [-0.2, -0.15) is 0 Å². The number of nitro groups is 1. The maximum atomic E-state index is 13.4. The first-order valence-corrected chi connectivity index (χ1v) is 13.4.